The van der Waals surface area contributed by atoms with Crippen LogP contribution >= 0.6 is 0 Å². The molecular formula is C40H46. The molecule has 0 heterocycles. The van der Waals surface area contributed by atoms with Crippen molar-refractivity contribution >= 4 is 43.1 Å². The van der Waals surface area contributed by atoms with Crippen molar-refractivity contribution in [2.75, 3.05) is 0 Å². The molecule has 2 saturated carbocycles. The first-order valence-corrected chi connectivity index (χ1v) is 16.5. The average molecular weight is 527 g/mol. The van der Waals surface area contributed by atoms with E-state index >= 15 is 0 Å². The van der Waals surface area contributed by atoms with Gasteiger partial charge in [0.05, 0.1) is 0 Å². The van der Waals surface area contributed by atoms with Gasteiger partial charge in [0, 0.05) is 0 Å². The van der Waals surface area contributed by atoms with Gasteiger partial charge in [0.2, 0.25) is 0 Å². The van der Waals surface area contributed by atoms with Crippen molar-refractivity contribution in [1.82, 2.24) is 0 Å². The maximum atomic E-state index is 2.50. The maximum absolute atomic E-state index is 2.50. The summed E-state index contributed by atoms with van der Waals surface area (Å²) in [5.41, 5.74) is 3.12. The fourth-order valence-electron chi connectivity index (χ4n) is 8.56. The van der Waals surface area contributed by atoms with Crippen LogP contribution in [0.15, 0.2) is 72.8 Å². The van der Waals surface area contributed by atoms with E-state index in [4.69, 9.17) is 0 Å². The summed E-state index contributed by atoms with van der Waals surface area (Å²) in [6.45, 7) is 4.67. The highest BCUT2D eigenvalue weighted by atomic mass is 14.3. The van der Waals surface area contributed by atoms with Crippen LogP contribution < -0.4 is 0 Å². The summed E-state index contributed by atoms with van der Waals surface area (Å²) < 4.78 is 0. The van der Waals surface area contributed by atoms with E-state index < -0.39 is 0 Å². The molecule has 5 aromatic rings. The quantitative estimate of drug-likeness (QED) is 0.152. The lowest BCUT2D eigenvalue weighted by Gasteiger charge is -2.29. The molecule has 0 aliphatic heterocycles. The fraction of sp³-hybridized carbons (Fsp3) is 0.450. The number of benzene rings is 5. The van der Waals surface area contributed by atoms with E-state index in [1.807, 2.05) is 0 Å². The van der Waals surface area contributed by atoms with Crippen molar-refractivity contribution in [3.8, 4) is 0 Å². The Kier molecular flexibility index (Phi) is 7.29. The first kappa shape index (κ1) is 26.1. The molecule has 206 valence electrons. The molecule has 2 fully saturated rings. The SMILES string of the molecule is CCCC1CCC(c2ccc3c(ccc4cc5c(ccc6cc(C7CCC(CCC)CC7)ccc65)cc43)c2)CC1. The Morgan fingerprint density at radius 3 is 1.18 bits per heavy atom. The van der Waals surface area contributed by atoms with Crippen molar-refractivity contribution in [2.24, 2.45) is 11.8 Å². The second-order valence-electron chi connectivity index (χ2n) is 13.4. The summed E-state index contributed by atoms with van der Waals surface area (Å²) >= 11 is 0. The smallest absolute Gasteiger partial charge is 0.00990 e. The average Bonchev–Trinajstić information content (AvgIpc) is 3.00. The van der Waals surface area contributed by atoms with Crippen molar-refractivity contribution in [3.63, 3.8) is 0 Å². The van der Waals surface area contributed by atoms with E-state index in [0.29, 0.717) is 0 Å². The second kappa shape index (κ2) is 11.2. The van der Waals surface area contributed by atoms with Crippen LogP contribution in [-0.2, 0) is 0 Å². The molecule has 0 nitrogen and oxygen atoms in total. The molecule has 5 aromatic carbocycles. The van der Waals surface area contributed by atoms with Crippen molar-refractivity contribution in [2.45, 2.75) is 103 Å². The molecule has 0 spiro atoms. The van der Waals surface area contributed by atoms with E-state index in [1.165, 1.54) is 120 Å². The van der Waals surface area contributed by atoms with Crippen molar-refractivity contribution in [1.29, 1.82) is 0 Å². The third-order valence-electron chi connectivity index (χ3n) is 10.9. The minimum Gasteiger partial charge on any atom is -0.0654 e. The zero-order valence-electron chi connectivity index (χ0n) is 24.7. The molecule has 40 heavy (non-hydrogen) atoms. The Balaban J connectivity index is 1.19. The summed E-state index contributed by atoms with van der Waals surface area (Å²) in [5.74, 6) is 3.42. The predicted molar refractivity (Wildman–Crippen MR) is 176 cm³/mol. The van der Waals surface area contributed by atoms with Crippen LogP contribution in [0.25, 0.3) is 43.1 Å². The highest BCUT2D eigenvalue weighted by Crippen LogP contribution is 2.41. The van der Waals surface area contributed by atoms with Crippen molar-refractivity contribution in [3.05, 3.63) is 83.9 Å². The van der Waals surface area contributed by atoms with Crippen LogP contribution in [0.2, 0.25) is 0 Å². The Labute approximate surface area is 241 Å². The molecule has 2 aliphatic carbocycles. The minimum absolute atomic E-state index is 0.743. The molecule has 0 bridgehead atoms. The van der Waals surface area contributed by atoms with Gasteiger partial charge >= 0.3 is 0 Å². The van der Waals surface area contributed by atoms with Crippen LogP contribution in [0.3, 0.4) is 0 Å². The standard InChI is InChI=1S/C40H46/c1-3-5-27-7-11-29(12-8-27)31-19-21-37-33(23-31)15-17-35-26-40-36(25-39(35)37)18-16-34-24-32(20-22-38(34)40)30-13-9-28(6-4-2)10-14-30/h15-30H,3-14H2,1-2H3. The molecule has 0 aromatic heterocycles. The van der Waals surface area contributed by atoms with Gasteiger partial charge in [0.15, 0.2) is 0 Å². The topological polar surface area (TPSA) is 0 Å². The van der Waals surface area contributed by atoms with Crippen LogP contribution in [0, 0.1) is 11.8 Å². The fourth-order valence-corrected chi connectivity index (χ4v) is 8.56. The molecule has 0 amide bonds. The van der Waals surface area contributed by atoms with Gasteiger partial charge in [-0.3, -0.25) is 0 Å². The lowest BCUT2D eigenvalue weighted by molar-refractivity contribution is 0.308. The summed E-state index contributed by atoms with van der Waals surface area (Å²) in [4.78, 5) is 0. The van der Waals surface area contributed by atoms with Gasteiger partial charge in [0.25, 0.3) is 0 Å². The van der Waals surface area contributed by atoms with Gasteiger partial charge in [-0.25, -0.2) is 0 Å². The zero-order chi connectivity index (χ0) is 27.1. The van der Waals surface area contributed by atoms with Crippen LogP contribution in [0.4, 0.5) is 0 Å². The van der Waals surface area contributed by atoms with E-state index in [9.17, 15) is 0 Å². The summed E-state index contributed by atoms with van der Waals surface area (Å²) in [6, 6.07) is 29.1. The van der Waals surface area contributed by atoms with Gasteiger partial charge in [-0.15, -0.1) is 0 Å². The zero-order valence-corrected chi connectivity index (χ0v) is 24.7. The Hall–Kier alpha value is -2.86. The third-order valence-corrected chi connectivity index (χ3v) is 10.9. The van der Waals surface area contributed by atoms with Gasteiger partial charge in [-0.2, -0.15) is 0 Å². The lowest BCUT2D eigenvalue weighted by atomic mass is 9.77. The Morgan fingerprint density at radius 2 is 0.800 bits per heavy atom. The van der Waals surface area contributed by atoms with Crippen LogP contribution in [-0.4, -0.2) is 0 Å². The first-order chi connectivity index (χ1) is 19.7. The normalized spacial score (nSPS) is 23.9. The highest BCUT2D eigenvalue weighted by molar-refractivity contribution is 6.17. The summed E-state index contributed by atoms with van der Waals surface area (Å²) in [6.07, 6.45) is 16.6. The number of fused-ring (bicyclic) bond motifs is 6. The number of hydrogen-bond acceptors (Lipinski definition) is 0. The van der Waals surface area contributed by atoms with Crippen molar-refractivity contribution < 1.29 is 0 Å². The molecule has 0 saturated heterocycles. The first-order valence-electron chi connectivity index (χ1n) is 16.5. The van der Waals surface area contributed by atoms with E-state index in [0.717, 1.165) is 23.7 Å². The lowest BCUT2D eigenvalue weighted by Crippen LogP contribution is -2.13. The molecular weight excluding hydrogens is 480 g/mol. The minimum atomic E-state index is 0.743. The second-order valence-corrected chi connectivity index (χ2v) is 13.4. The highest BCUT2D eigenvalue weighted by Gasteiger charge is 2.23. The predicted octanol–water partition coefficient (Wildman–Crippen LogP) is 12.4. The monoisotopic (exact) mass is 526 g/mol. The molecule has 0 radical (unpaired) electrons. The Bertz CT molecular complexity index is 1510. The van der Waals surface area contributed by atoms with Gasteiger partial charge < -0.3 is 0 Å². The maximum Gasteiger partial charge on any atom is -0.00990 e. The summed E-state index contributed by atoms with van der Waals surface area (Å²) in [5, 5.41) is 11.1. The molecule has 0 heteroatoms. The largest absolute Gasteiger partial charge is 0.0654 e. The van der Waals surface area contributed by atoms with E-state index in [2.05, 4.69) is 86.6 Å². The summed E-state index contributed by atoms with van der Waals surface area (Å²) in [7, 11) is 0. The number of rotatable bonds is 6. The molecule has 7 rings (SSSR count). The van der Waals surface area contributed by atoms with Gasteiger partial charge in [0.1, 0.15) is 0 Å². The van der Waals surface area contributed by atoms with Gasteiger partial charge in [-0.1, -0.05) is 100 Å². The Morgan fingerprint density at radius 1 is 0.425 bits per heavy atom. The molecule has 0 unspecified atom stereocenters. The van der Waals surface area contributed by atoms with Crippen LogP contribution in [0.5, 0.6) is 0 Å². The van der Waals surface area contributed by atoms with E-state index in [-0.39, 0.29) is 0 Å². The molecule has 2 aliphatic rings. The van der Waals surface area contributed by atoms with E-state index in [1.54, 1.807) is 11.1 Å². The molecule has 0 atom stereocenters. The third kappa shape index (κ3) is 4.93. The van der Waals surface area contributed by atoms with Gasteiger partial charge in [-0.05, 0) is 141 Å². The number of hydrogen-bond donors (Lipinski definition) is 0. The van der Waals surface area contributed by atoms with Crippen LogP contribution in [0.1, 0.15) is 114 Å². The molecule has 0 N–H and O–H groups in total.